The summed E-state index contributed by atoms with van der Waals surface area (Å²) < 4.78 is 11.6. The molecule has 0 saturated carbocycles. The Kier molecular flexibility index (Phi) is 7.95. The average molecular weight is 505 g/mol. The van der Waals surface area contributed by atoms with E-state index in [0.717, 1.165) is 33.9 Å². The minimum atomic E-state index is -0.504. The van der Waals surface area contributed by atoms with E-state index in [9.17, 15) is 14.4 Å². The van der Waals surface area contributed by atoms with Crippen molar-refractivity contribution in [2.45, 2.75) is 33.3 Å². The summed E-state index contributed by atoms with van der Waals surface area (Å²) in [5, 5.41) is 4.20. The molecule has 3 amide bonds. The number of anilines is 1. The summed E-state index contributed by atoms with van der Waals surface area (Å²) in [5.41, 5.74) is 1.32. The summed E-state index contributed by atoms with van der Waals surface area (Å²) in [6.45, 7) is 6.00. The van der Waals surface area contributed by atoms with Crippen molar-refractivity contribution in [1.29, 1.82) is 0 Å². The van der Waals surface area contributed by atoms with Crippen molar-refractivity contribution in [2.24, 2.45) is 0 Å². The number of thioether (sulfide) groups is 1. The van der Waals surface area contributed by atoms with Crippen molar-refractivity contribution in [3.05, 3.63) is 71.1 Å². The molecule has 1 aliphatic rings. The average Bonchev–Trinajstić information content (AvgIpc) is 3.13. The number of imide groups is 1. The van der Waals surface area contributed by atoms with Crippen LogP contribution in [0.15, 0.2) is 65.6 Å². The minimum Gasteiger partial charge on any atom is -0.490 e. The molecule has 4 rings (SSSR count). The van der Waals surface area contributed by atoms with E-state index < -0.39 is 17.1 Å². The topological polar surface area (TPSA) is 84.9 Å². The standard InChI is InChI=1S/C28H28N2O5S/c1-4-18(3)35-23-14-13-19(15-24(23)34-5-2)16-25-27(32)30(28(33)36-25)17-26(31)29-22-12-8-10-20-9-6-7-11-21(20)22/h6-16,18H,4-5,17H2,1-3H3,(H,29,31)/b25-16+/t18-/m1/s1. The van der Waals surface area contributed by atoms with Crippen molar-refractivity contribution in [3.63, 3.8) is 0 Å². The first-order valence-corrected chi connectivity index (χ1v) is 12.7. The quantitative estimate of drug-likeness (QED) is 0.355. The van der Waals surface area contributed by atoms with Crippen LogP contribution in [0.5, 0.6) is 11.5 Å². The van der Waals surface area contributed by atoms with Crippen LogP contribution in [0.4, 0.5) is 10.5 Å². The molecular formula is C28H28N2O5S. The summed E-state index contributed by atoms with van der Waals surface area (Å²) >= 11 is 0.812. The van der Waals surface area contributed by atoms with Gasteiger partial charge in [0.15, 0.2) is 11.5 Å². The van der Waals surface area contributed by atoms with E-state index in [1.54, 1.807) is 30.3 Å². The van der Waals surface area contributed by atoms with Crippen LogP contribution in [0.3, 0.4) is 0 Å². The van der Waals surface area contributed by atoms with Crippen molar-refractivity contribution in [1.82, 2.24) is 4.90 Å². The molecule has 1 atom stereocenters. The number of hydrogen-bond donors (Lipinski definition) is 1. The molecule has 0 aliphatic carbocycles. The number of carbonyl (C=O) groups excluding carboxylic acids is 3. The van der Waals surface area contributed by atoms with Gasteiger partial charge in [0.1, 0.15) is 6.54 Å². The maximum Gasteiger partial charge on any atom is 0.294 e. The first-order chi connectivity index (χ1) is 17.4. The minimum absolute atomic E-state index is 0.0339. The van der Waals surface area contributed by atoms with E-state index in [-0.39, 0.29) is 17.6 Å². The van der Waals surface area contributed by atoms with E-state index in [1.165, 1.54) is 0 Å². The van der Waals surface area contributed by atoms with Crippen molar-refractivity contribution >= 4 is 51.4 Å². The van der Waals surface area contributed by atoms with E-state index in [2.05, 4.69) is 5.32 Å². The number of nitrogens with zero attached hydrogens (tertiary/aromatic N) is 1. The molecule has 1 heterocycles. The number of hydrogen-bond acceptors (Lipinski definition) is 6. The molecule has 36 heavy (non-hydrogen) atoms. The normalized spacial score (nSPS) is 15.4. The third-order valence-corrected chi connectivity index (χ3v) is 6.61. The highest BCUT2D eigenvalue weighted by atomic mass is 32.2. The van der Waals surface area contributed by atoms with Gasteiger partial charge in [-0.05, 0) is 67.3 Å². The first kappa shape index (κ1) is 25.3. The Hall–Kier alpha value is -3.78. The molecule has 0 radical (unpaired) electrons. The van der Waals surface area contributed by atoms with Crippen LogP contribution in [-0.2, 0) is 9.59 Å². The van der Waals surface area contributed by atoms with Crippen molar-refractivity contribution in [3.8, 4) is 11.5 Å². The first-order valence-electron chi connectivity index (χ1n) is 11.9. The molecule has 0 spiro atoms. The summed E-state index contributed by atoms with van der Waals surface area (Å²) in [7, 11) is 0. The highest BCUT2D eigenvalue weighted by molar-refractivity contribution is 8.18. The maximum atomic E-state index is 13.0. The second-order valence-electron chi connectivity index (χ2n) is 8.32. The number of ether oxygens (including phenoxy) is 2. The third kappa shape index (κ3) is 5.71. The fourth-order valence-corrected chi connectivity index (χ4v) is 4.57. The van der Waals surface area contributed by atoms with Crippen molar-refractivity contribution in [2.75, 3.05) is 18.5 Å². The Morgan fingerprint density at radius 1 is 1.06 bits per heavy atom. The third-order valence-electron chi connectivity index (χ3n) is 5.71. The van der Waals surface area contributed by atoms with Gasteiger partial charge in [-0.15, -0.1) is 0 Å². The van der Waals surface area contributed by atoms with Crippen LogP contribution in [0.1, 0.15) is 32.8 Å². The van der Waals surface area contributed by atoms with E-state index in [1.807, 2.05) is 57.2 Å². The van der Waals surface area contributed by atoms with E-state index >= 15 is 0 Å². The Labute approximate surface area is 214 Å². The van der Waals surface area contributed by atoms with Crippen LogP contribution in [-0.4, -0.2) is 41.2 Å². The maximum absolute atomic E-state index is 13.0. The van der Waals surface area contributed by atoms with Crippen LogP contribution in [0.2, 0.25) is 0 Å². The van der Waals surface area contributed by atoms with Gasteiger partial charge >= 0.3 is 0 Å². The molecule has 0 unspecified atom stereocenters. The molecule has 186 valence electrons. The largest absolute Gasteiger partial charge is 0.490 e. The second-order valence-corrected chi connectivity index (χ2v) is 9.31. The Bertz CT molecular complexity index is 1330. The van der Waals surface area contributed by atoms with Gasteiger partial charge in [0.05, 0.1) is 17.6 Å². The van der Waals surface area contributed by atoms with Gasteiger partial charge in [0.2, 0.25) is 5.91 Å². The fraction of sp³-hybridized carbons (Fsp3) is 0.250. The highest BCUT2D eigenvalue weighted by Gasteiger charge is 2.36. The van der Waals surface area contributed by atoms with Crippen LogP contribution < -0.4 is 14.8 Å². The predicted molar refractivity (Wildman–Crippen MR) is 143 cm³/mol. The van der Waals surface area contributed by atoms with Gasteiger partial charge in [-0.25, -0.2) is 0 Å². The smallest absolute Gasteiger partial charge is 0.294 e. The lowest BCUT2D eigenvalue weighted by Gasteiger charge is -2.16. The molecule has 1 saturated heterocycles. The fourth-order valence-electron chi connectivity index (χ4n) is 3.74. The molecule has 1 aliphatic heterocycles. The number of benzene rings is 3. The molecule has 1 fully saturated rings. The van der Waals surface area contributed by atoms with E-state index in [0.29, 0.717) is 29.4 Å². The van der Waals surface area contributed by atoms with Gasteiger partial charge in [0, 0.05) is 11.1 Å². The summed E-state index contributed by atoms with van der Waals surface area (Å²) in [4.78, 5) is 39.5. The number of carbonyl (C=O) groups is 3. The molecule has 0 bridgehead atoms. The number of amides is 3. The lowest BCUT2D eigenvalue weighted by Crippen LogP contribution is -2.36. The number of fused-ring (bicyclic) bond motifs is 1. The zero-order chi connectivity index (χ0) is 25.7. The molecule has 3 aromatic rings. The summed E-state index contributed by atoms with van der Waals surface area (Å²) in [6, 6.07) is 18.6. The van der Waals surface area contributed by atoms with E-state index in [4.69, 9.17) is 9.47 Å². The molecule has 0 aromatic heterocycles. The second kappa shape index (κ2) is 11.3. The van der Waals surface area contributed by atoms with Gasteiger partial charge in [0.25, 0.3) is 11.1 Å². The van der Waals surface area contributed by atoms with Gasteiger partial charge in [-0.2, -0.15) is 0 Å². The highest BCUT2D eigenvalue weighted by Crippen LogP contribution is 2.35. The Morgan fingerprint density at radius 3 is 2.61 bits per heavy atom. The zero-order valence-corrected chi connectivity index (χ0v) is 21.3. The van der Waals surface area contributed by atoms with Gasteiger partial charge < -0.3 is 14.8 Å². The SMILES string of the molecule is CCOc1cc(/C=C2/SC(=O)N(CC(=O)Nc3cccc4ccccc34)C2=O)ccc1O[C@H](C)CC. The Morgan fingerprint density at radius 2 is 1.83 bits per heavy atom. The monoisotopic (exact) mass is 504 g/mol. The van der Waals surface area contributed by atoms with Crippen LogP contribution in [0.25, 0.3) is 16.8 Å². The molecular weight excluding hydrogens is 476 g/mol. The van der Waals surface area contributed by atoms with Crippen molar-refractivity contribution < 1.29 is 23.9 Å². The summed E-state index contributed by atoms with van der Waals surface area (Å²) in [6.07, 6.45) is 2.52. The molecule has 1 N–H and O–H groups in total. The Balaban J connectivity index is 1.48. The summed E-state index contributed by atoms with van der Waals surface area (Å²) in [5.74, 6) is 0.248. The molecule has 8 heteroatoms. The number of rotatable bonds is 9. The van der Waals surface area contributed by atoms with Gasteiger partial charge in [-0.1, -0.05) is 49.4 Å². The number of nitrogens with one attached hydrogen (secondary N) is 1. The lowest BCUT2D eigenvalue weighted by atomic mass is 10.1. The zero-order valence-electron chi connectivity index (χ0n) is 20.4. The van der Waals surface area contributed by atoms with Crippen LogP contribution in [0, 0.1) is 0 Å². The van der Waals surface area contributed by atoms with Gasteiger partial charge in [-0.3, -0.25) is 19.3 Å². The van der Waals surface area contributed by atoms with Crippen LogP contribution >= 0.6 is 11.8 Å². The predicted octanol–water partition coefficient (Wildman–Crippen LogP) is 6.09. The lowest BCUT2D eigenvalue weighted by molar-refractivity contribution is -0.127. The molecule has 7 nitrogen and oxygen atoms in total. The molecule has 3 aromatic carbocycles.